The average molecular weight is 567 g/mol. The first-order valence-corrected chi connectivity index (χ1v) is 12.5. The van der Waals surface area contributed by atoms with Gasteiger partial charge in [-0.2, -0.15) is 13.2 Å². The summed E-state index contributed by atoms with van der Waals surface area (Å²) in [7, 11) is 1.37. The molecule has 0 fully saturated rings. The molecule has 41 heavy (non-hydrogen) atoms. The molecule has 0 saturated carbocycles. The van der Waals surface area contributed by atoms with Crippen LogP contribution in [0.5, 0.6) is 0 Å². The number of alkyl halides is 3. The van der Waals surface area contributed by atoms with Gasteiger partial charge in [-0.3, -0.25) is 9.59 Å². The van der Waals surface area contributed by atoms with Gasteiger partial charge in [0.2, 0.25) is 5.91 Å². The molecule has 0 aliphatic carbocycles. The van der Waals surface area contributed by atoms with E-state index >= 15 is 0 Å². The zero-order chi connectivity index (χ0) is 29.5. The van der Waals surface area contributed by atoms with Crippen molar-refractivity contribution in [1.29, 1.82) is 0 Å². The van der Waals surface area contributed by atoms with Gasteiger partial charge in [-0.1, -0.05) is 24.3 Å². The van der Waals surface area contributed by atoms with Crippen LogP contribution in [-0.4, -0.2) is 26.6 Å². The van der Waals surface area contributed by atoms with Gasteiger partial charge >= 0.3 is 6.18 Å². The van der Waals surface area contributed by atoms with Gasteiger partial charge in [-0.25, -0.2) is 13.8 Å². The number of aromatic amines is 1. The Labute approximate surface area is 230 Å². The highest BCUT2D eigenvalue weighted by Crippen LogP contribution is 2.39. The topological polar surface area (TPSA) is 79.8 Å². The standard InChI is InChI=1S/C30H23F5N4O2/c1-16(17-3-7-21(31)8-4-17)28(40)37-23-13-19(11-12-36-23)26-24(18-5-9-22(32)10-6-18)25-27(38-26)20(14-30(33,34)35)15-39(2)29(25)41/h3-13,15-16,38H,14H2,1-2H3,(H,36,37,40)/t16-/m1/s1. The number of aryl methyl sites for hydroxylation is 1. The van der Waals surface area contributed by atoms with Gasteiger partial charge in [0, 0.05) is 36.1 Å². The third kappa shape index (κ3) is 5.74. The highest BCUT2D eigenvalue weighted by molar-refractivity contribution is 6.05. The fourth-order valence-electron chi connectivity index (χ4n) is 4.75. The lowest BCUT2D eigenvalue weighted by atomic mass is 9.98. The SMILES string of the molecule is C[C@@H](C(=O)Nc1cc(-c2[nH]c3c(CC(F)(F)F)cn(C)c(=O)c3c2-c2ccc(F)cc2)ccn1)c1ccc(F)cc1. The molecule has 5 rings (SSSR count). The number of aromatic nitrogens is 3. The molecule has 2 aromatic carbocycles. The molecule has 3 aromatic heterocycles. The van der Waals surface area contributed by atoms with E-state index in [0.29, 0.717) is 22.4 Å². The number of carbonyl (C=O) groups excluding carboxylic acids is 1. The summed E-state index contributed by atoms with van der Waals surface area (Å²) in [5.74, 6) is -1.87. The number of pyridine rings is 2. The predicted octanol–water partition coefficient (Wildman–Crippen LogP) is 6.72. The summed E-state index contributed by atoms with van der Waals surface area (Å²) in [6.45, 7) is 1.65. The Balaban J connectivity index is 1.63. The predicted molar refractivity (Wildman–Crippen MR) is 145 cm³/mol. The van der Waals surface area contributed by atoms with Gasteiger partial charge < -0.3 is 14.9 Å². The molecule has 0 saturated heterocycles. The van der Waals surface area contributed by atoms with Crippen molar-refractivity contribution in [3.8, 4) is 22.4 Å². The van der Waals surface area contributed by atoms with Crippen LogP contribution in [0.25, 0.3) is 33.3 Å². The zero-order valence-corrected chi connectivity index (χ0v) is 21.8. The van der Waals surface area contributed by atoms with E-state index in [0.717, 1.165) is 10.8 Å². The molecule has 2 N–H and O–H groups in total. The van der Waals surface area contributed by atoms with Crippen LogP contribution in [0.3, 0.4) is 0 Å². The Morgan fingerprint density at radius 3 is 2.27 bits per heavy atom. The van der Waals surface area contributed by atoms with Crippen molar-refractivity contribution in [2.45, 2.75) is 25.4 Å². The summed E-state index contributed by atoms with van der Waals surface area (Å²) < 4.78 is 68.6. The normalized spacial score (nSPS) is 12.5. The molecule has 0 unspecified atom stereocenters. The molecule has 1 amide bonds. The Morgan fingerprint density at radius 1 is 1.00 bits per heavy atom. The maximum absolute atomic E-state index is 13.8. The van der Waals surface area contributed by atoms with E-state index in [-0.39, 0.29) is 27.8 Å². The highest BCUT2D eigenvalue weighted by Gasteiger charge is 2.31. The molecule has 11 heteroatoms. The first-order chi connectivity index (χ1) is 19.4. The van der Waals surface area contributed by atoms with Gasteiger partial charge in [0.05, 0.1) is 28.9 Å². The summed E-state index contributed by atoms with van der Waals surface area (Å²) in [5, 5.41) is 2.72. The van der Waals surface area contributed by atoms with E-state index < -0.39 is 41.6 Å². The van der Waals surface area contributed by atoms with E-state index in [1.165, 1.54) is 67.8 Å². The van der Waals surface area contributed by atoms with E-state index in [2.05, 4.69) is 15.3 Å². The molecule has 6 nitrogen and oxygen atoms in total. The summed E-state index contributed by atoms with van der Waals surface area (Å²) in [6.07, 6.45) is -3.27. The minimum Gasteiger partial charge on any atom is -0.354 e. The summed E-state index contributed by atoms with van der Waals surface area (Å²) in [5.41, 5.74) is 1.31. The molecule has 1 atom stereocenters. The first-order valence-electron chi connectivity index (χ1n) is 12.5. The number of anilines is 1. The Hall–Kier alpha value is -4.80. The van der Waals surface area contributed by atoms with Crippen LogP contribution in [0.4, 0.5) is 27.8 Å². The van der Waals surface area contributed by atoms with Crippen molar-refractivity contribution in [1.82, 2.24) is 14.5 Å². The number of carbonyl (C=O) groups is 1. The van der Waals surface area contributed by atoms with Gasteiger partial charge in [-0.05, 0) is 54.4 Å². The fraction of sp³-hybridized carbons (Fsp3) is 0.167. The van der Waals surface area contributed by atoms with Crippen LogP contribution in [0.1, 0.15) is 24.0 Å². The number of halogens is 5. The lowest BCUT2D eigenvalue weighted by Gasteiger charge is -2.13. The van der Waals surface area contributed by atoms with Gasteiger partial charge in [0.15, 0.2) is 0 Å². The quantitative estimate of drug-likeness (QED) is 0.224. The molecule has 210 valence electrons. The van der Waals surface area contributed by atoms with Crippen molar-refractivity contribution in [2.75, 3.05) is 5.32 Å². The van der Waals surface area contributed by atoms with Crippen LogP contribution in [0.15, 0.2) is 77.9 Å². The van der Waals surface area contributed by atoms with Crippen molar-refractivity contribution < 1.29 is 26.7 Å². The minimum atomic E-state index is -4.54. The van der Waals surface area contributed by atoms with Gasteiger partial charge in [0.25, 0.3) is 5.56 Å². The fourth-order valence-corrected chi connectivity index (χ4v) is 4.75. The third-order valence-corrected chi connectivity index (χ3v) is 6.79. The van der Waals surface area contributed by atoms with Gasteiger partial charge in [-0.15, -0.1) is 0 Å². The molecule has 0 spiro atoms. The number of hydrogen-bond acceptors (Lipinski definition) is 3. The largest absolute Gasteiger partial charge is 0.393 e. The van der Waals surface area contributed by atoms with Crippen LogP contribution in [-0.2, 0) is 18.3 Å². The number of hydrogen-bond donors (Lipinski definition) is 2. The number of nitrogens with zero attached hydrogens (tertiary/aromatic N) is 2. The number of rotatable bonds is 6. The lowest BCUT2D eigenvalue weighted by molar-refractivity contribution is -0.127. The molecular weight excluding hydrogens is 543 g/mol. The molecular formula is C30H23F5N4O2. The monoisotopic (exact) mass is 566 g/mol. The second kappa shape index (κ2) is 10.6. The number of benzene rings is 2. The van der Waals surface area contributed by atoms with Crippen molar-refractivity contribution in [3.63, 3.8) is 0 Å². The Morgan fingerprint density at radius 2 is 1.63 bits per heavy atom. The maximum Gasteiger partial charge on any atom is 0.393 e. The average Bonchev–Trinajstić information content (AvgIpc) is 3.33. The van der Waals surface area contributed by atoms with Crippen LogP contribution >= 0.6 is 0 Å². The van der Waals surface area contributed by atoms with Gasteiger partial charge in [0.1, 0.15) is 17.5 Å². The Kier molecular flexibility index (Phi) is 7.20. The second-order valence-electron chi connectivity index (χ2n) is 9.69. The highest BCUT2D eigenvalue weighted by atomic mass is 19.4. The third-order valence-electron chi connectivity index (χ3n) is 6.79. The summed E-state index contributed by atoms with van der Waals surface area (Å²) in [4.78, 5) is 33.4. The second-order valence-corrected chi connectivity index (χ2v) is 9.69. The van der Waals surface area contributed by atoms with E-state index in [1.807, 2.05) is 0 Å². The lowest BCUT2D eigenvalue weighted by Crippen LogP contribution is -2.20. The molecule has 3 heterocycles. The van der Waals surface area contributed by atoms with E-state index in [4.69, 9.17) is 0 Å². The van der Waals surface area contributed by atoms with Crippen LogP contribution in [0.2, 0.25) is 0 Å². The van der Waals surface area contributed by atoms with Crippen LogP contribution < -0.4 is 10.9 Å². The molecule has 5 aromatic rings. The van der Waals surface area contributed by atoms with Crippen LogP contribution in [0, 0.1) is 11.6 Å². The summed E-state index contributed by atoms with van der Waals surface area (Å²) >= 11 is 0. The molecule has 0 bridgehead atoms. The van der Waals surface area contributed by atoms with Crippen molar-refractivity contribution in [3.05, 3.63) is 106 Å². The smallest absolute Gasteiger partial charge is 0.354 e. The zero-order valence-electron chi connectivity index (χ0n) is 21.8. The number of H-pyrrole nitrogens is 1. The van der Waals surface area contributed by atoms with Crippen molar-refractivity contribution >= 4 is 22.6 Å². The number of fused-ring (bicyclic) bond motifs is 1. The Bertz CT molecular complexity index is 1810. The first kappa shape index (κ1) is 27.8. The number of nitrogens with one attached hydrogen (secondary N) is 2. The maximum atomic E-state index is 13.8. The minimum absolute atomic E-state index is 0.00656. The van der Waals surface area contributed by atoms with E-state index in [9.17, 15) is 31.5 Å². The number of amides is 1. The molecule has 0 aliphatic heterocycles. The van der Waals surface area contributed by atoms with Crippen molar-refractivity contribution in [2.24, 2.45) is 7.05 Å². The molecule has 0 radical (unpaired) electrons. The summed E-state index contributed by atoms with van der Waals surface area (Å²) in [6, 6.07) is 13.9. The van der Waals surface area contributed by atoms with E-state index in [1.54, 1.807) is 13.0 Å². The molecule has 0 aliphatic rings.